The zero-order valence-corrected chi connectivity index (χ0v) is 12.8. The summed E-state index contributed by atoms with van der Waals surface area (Å²) in [5.41, 5.74) is 5.45. The average molecular weight is 306 g/mol. The second-order valence-corrected chi connectivity index (χ2v) is 5.58. The van der Waals surface area contributed by atoms with Crippen LogP contribution in [0.15, 0.2) is 72.8 Å². The van der Waals surface area contributed by atoms with E-state index in [-0.39, 0.29) is 20.3 Å². The van der Waals surface area contributed by atoms with Crippen LogP contribution in [0.25, 0.3) is 11.1 Å². The SMILES string of the molecule is C.C.CCC=CC1(C=CCC)c2ccccc2-c2ccccc21. The minimum atomic E-state index is -0.0980. The number of allylic oxidation sites excluding steroid dienone is 4. The Balaban J connectivity index is 0.00000132. The van der Waals surface area contributed by atoms with Gasteiger partial charge in [0.1, 0.15) is 0 Å². The molecule has 0 spiro atoms. The fraction of sp³-hybridized carbons (Fsp3) is 0.304. The molecule has 0 saturated carbocycles. The van der Waals surface area contributed by atoms with Gasteiger partial charge in [-0.05, 0) is 35.1 Å². The van der Waals surface area contributed by atoms with Gasteiger partial charge in [-0.1, -0.05) is 102 Å². The largest absolute Gasteiger partial charge is 0.0873 e. The molecule has 0 aromatic heterocycles. The summed E-state index contributed by atoms with van der Waals surface area (Å²) in [6, 6.07) is 17.6. The van der Waals surface area contributed by atoms with Crippen molar-refractivity contribution >= 4 is 0 Å². The molecule has 0 aliphatic heterocycles. The van der Waals surface area contributed by atoms with E-state index in [0.29, 0.717) is 0 Å². The second kappa shape index (κ2) is 7.97. The fourth-order valence-corrected chi connectivity index (χ4v) is 3.32. The molecule has 0 unspecified atom stereocenters. The highest BCUT2D eigenvalue weighted by Gasteiger charge is 2.38. The van der Waals surface area contributed by atoms with Gasteiger partial charge in [0.2, 0.25) is 0 Å². The molecule has 1 aliphatic rings. The van der Waals surface area contributed by atoms with Crippen LogP contribution in [0.3, 0.4) is 0 Å². The zero-order valence-electron chi connectivity index (χ0n) is 12.8. The highest BCUT2D eigenvalue weighted by molar-refractivity contribution is 5.83. The first-order valence-corrected chi connectivity index (χ1v) is 7.88. The molecule has 0 nitrogen and oxygen atoms in total. The van der Waals surface area contributed by atoms with E-state index in [2.05, 4.69) is 86.7 Å². The molecule has 2 aromatic carbocycles. The molecule has 0 fully saturated rings. The van der Waals surface area contributed by atoms with Crippen molar-refractivity contribution in [1.29, 1.82) is 0 Å². The molecule has 0 bridgehead atoms. The van der Waals surface area contributed by atoms with Gasteiger partial charge in [0.05, 0.1) is 5.41 Å². The van der Waals surface area contributed by atoms with Crippen LogP contribution >= 0.6 is 0 Å². The Morgan fingerprint density at radius 1 is 0.696 bits per heavy atom. The predicted molar refractivity (Wildman–Crippen MR) is 105 cm³/mol. The lowest BCUT2D eigenvalue weighted by Crippen LogP contribution is -2.19. The lowest BCUT2D eigenvalue weighted by atomic mass is 9.77. The van der Waals surface area contributed by atoms with Crippen LogP contribution in [0.4, 0.5) is 0 Å². The van der Waals surface area contributed by atoms with Crippen LogP contribution in [0.1, 0.15) is 52.7 Å². The normalized spacial score (nSPS) is 14.2. The quantitative estimate of drug-likeness (QED) is 0.526. The van der Waals surface area contributed by atoms with Crippen molar-refractivity contribution in [2.24, 2.45) is 0 Å². The molecular weight excluding hydrogens is 276 g/mol. The topological polar surface area (TPSA) is 0 Å². The number of hydrogen-bond acceptors (Lipinski definition) is 0. The molecule has 0 atom stereocenters. The van der Waals surface area contributed by atoms with E-state index in [1.165, 1.54) is 22.3 Å². The first kappa shape index (κ1) is 19.0. The molecule has 0 heterocycles. The number of benzene rings is 2. The van der Waals surface area contributed by atoms with Gasteiger partial charge in [-0.25, -0.2) is 0 Å². The van der Waals surface area contributed by atoms with Gasteiger partial charge >= 0.3 is 0 Å². The van der Waals surface area contributed by atoms with Gasteiger partial charge in [0, 0.05) is 0 Å². The first-order chi connectivity index (χ1) is 10.3. The van der Waals surface area contributed by atoms with Crippen LogP contribution in [0.2, 0.25) is 0 Å². The van der Waals surface area contributed by atoms with E-state index < -0.39 is 0 Å². The summed E-state index contributed by atoms with van der Waals surface area (Å²) in [4.78, 5) is 0. The number of fused-ring (bicyclic) bond motifs is 3. The average Bonchev–Trinajstić information content (AvgIpc) is 2.82. The Kier molecular flexibility index (Phi) is 6.57. The molecule has 23 heavy (non-hydrogen) atoms. The summed E-state index contributed by atoms with van der Waals surface area (Å²) in [6.45, 7) is 4.39. The molecule has 2 aromatic rings. The summed E-state index contributed by atoms with van der Waals surface area (Å²) < 4.78 is 0. The summed E-state index contributed by atoms with van der Waals surface area (Å²) >= 11 is 0. The van der Waals surface area contributed by atoms with Crippen molar-refractivity contribution in [3.05, 3.63) is 84.0 Å². The van der Waals surface area contributed by atoms with Gasteiger partial charge in [-0.2, -0.15) is 0 Å². The Labute approximate surface area is 142 Å². The number of hydrogen-bond donors (Lipinski definition) is 0. The highest BCUT2D eigenvalue weighted by atomic mass is 14.4. The van der Waals surface area contributed by atoms with Gasteiger partial charge in [0.15, 0.2) is 0 Å². The highest BCUT2D eigenvalue weighted by Crippen LogP contribution is 2.50. The van der Waals surface area contributed by atoms with Crippen molar-refractivity contribution in [1.82, 2.24) is 0 Å². The van der Waals surface area contributed by atoms with Gasteiger partial charge in [-0.3, -0.25) is 0 Å². The maximum Gasteiger partial charge on any atom is 0.0574 e. The maximum atomic E-state index is 2.38. The van der Waals surface area contributed by atoms with Crippen LogP contribution in [-0.4, -0.2) is 0 Å². The molecule has 1 aliphatic carbocycles. The molecule has 0 radical (unpaired) electrons. The minimum absolute atomic E-state index is 0. The Morgan fingerprint density at radius 2 is 1.09 bits per heavy atom. The smallest absolute Gasteiger partial charge is 0.0574 e. The van der Waals surface area contributed by atoms with Crippen molar-refractivity contribution in [3.8, 4) is 11.1 Å². The van der Waals surface area contributed by atoms with E-state index in [9.17, 15) is 0 Å². The monoisotopic (exact) mass is 306 g/mol. The lowest BCUT2D eigenvalue weighted by Gasteiger charge is -2.25. The van der Waals surface area contributed by atoms with E-state index >= 15 is 0 Å². The summed E-state index contributed by atoms with van der Waals surface area (Å²) in [7, 11) is 0. The second-order valence-electron chi connectivity index (χ2n) is 5.58. The van der Waals surface area contributed by atoms with E-state index in [0.717, 1.165) is 12.8 Å². The molecule has 3 rings (SSSR count). The van der Waals surface area contributed by atoms with Crippen LogP contribution in [0.5, 0.6) is 0 Å². The van der Waals surface area contributed by atoms with Gasteiger partial charge in [0.25, 0.3) is 0 Å². The standard InChI is InChI=1S/C21H22.2CH4/c1-3-5-15-21(16-6-4-2)19-13-9-7-11-17(19)18-12-8-10-14-20(18)21;;/h5-16H,3-4H2,1-2H3;2*1H4. The Bertz CT molecular complexity index is 627. The van der Waals surface area contributed by atoms with Crippen molar-refractivity contribution in [2.45, 2.75) is 47.0 Å². The van der Waals surface area contributed by atoms with Gasteiger partial charge in [-0.15, -0.1) is 0 Å². The fourth-order valence-electron chi connectivity index (χ4n) is 3.32. The lowest BCUT2D eigenvalue weighted by molar-refractivity contribution is 0.832. The zero-order chi connectivity index (χ0) is 14.7. The Hall–Kier alpha value is -2.08. The maximum absolute atomic E-state index is 2.38. The predicted octanol–water partition coefficient (Wildman–Crippen LogP) is 7.16. The Morgan fingerprint density at radius 3 is 1.48 bits per heavy atom. The van der Waals surface area contributed by atoms with Crippen LogP contribution in [0, 0.1) is 0 Å². The summed E-state index contributed by atoms with van der Waals surface area (Å²) in [5, 5.41) is 0. The third-order valence-electron chi connectivity index (χ3n) is 4.27. The van der Waals surface area contributed by atoms with Crippen LogP contribution < -0.4 is 0 Å². The van der Waals surface area contributed by atoms with Crippen molar-refractivity contribution in [3.63, 3.8) is 0 Å². The molecule has 122 valence electrons. The molecule has 0 amide bonds. The number of rotatable bonds is 4. The van der Waals surface area contributed by atoms with Crippen molar-refractivity contribution < 1.29 is 0 Å². The summed E-state index contributed by atoms with van der Waals surface area (Å²) in [5.74, 6) is 0. The van der Waals surface area contributed by atoms with Gasteiger partial charge < -0.3 is 0 Å². The first-order valence-electron chi connectivity index (χ1n) is 7.88. The molecule has 0 heteroatoms. The minimum Gasteiger partial charge on any atom is -0.0873 e. The van der Waals surface area contributed by atoms with E-state index in [1.807, 2.05) is 0 Å². The summed E-state index contributed by atoms with van der Waals surface area (Å²) in [6.07, 6.45) is 11.5. The molecule has 0 N–H and O–H groups in total. The third kappa shape index (κ3) is 3.03. The third-order valence-corrected chi connectivity index (χ3v) is 4.27. The van der Waals surface area contributed by atoms with Crippen molar-refractivity contribution in [2.75, 3.05) is 0 Å². The molecule has 0 saturated heterocycles. The van der Waals surface area contributed by atoms with Crippen LogP contribution in [-0.2, 0) is 5.41 Å². The van der Waals surface area contributed by atoms with E-state index in [1.54, 1.807) is 0 Å². The molecular formula is C23H30. The van der Waals surface area contributed by atoms with E-state index in [4.69, 9.17) is 0 Å².